The summed E-state index contributed by atoms with van der Waals surface area (Å²) in [6, 6.07) is 8.59. The number of rotatable bonds is 3. The maximum atomic E-state index is 3.98. The summed E-state index contributed by atoms with van der Waals surface area (Å²) in [5.74, 6) is 0.798. The third kappa shape index (κ3) is 2.36. The predicted molar refractivity (Wildman–Crippen MR) is 66.0 cm³/mol. The molecule has 0 bridgehead atoms. The third-order valence-electron chi connectivity index (χ3n) is 3.31. The van der Waals surface area contributed by atoms with Crippen LogP contribution in [-0.4, -0.2) is 28.1 Å². The molecule has 4 nitrogen and oxygen atoms in total. The summed E-state index contributed by atoms with van der Waals surface area (Å²) in [5, 5.41) is 11.2. The summed E-state index contributed by atoms with van der Waals surface area (Å²) in [6.45, 7) is 2.33. The second kappa shape index (κ2) is 4.67. The summed E-state index contributed by atoms with van der Waals surface area (Å²) in [6.07, 6.45) is 6.02. The van der Waals surface area contributed by atoms with Crippen molar-refractivity contribution in [2.45, 2.75) is 12.8 Å². The van der Waals surface area contributed by atoms with Crippen LogP contribution in [0.3, 0.4) is 0 Å². The summed E-state index contributed by atoms with van der Waals surface area (Å²) >= 11 is 0. The predicted octanol–water partition coefficient (Wildman–Crippen LogP) is 1.42. The lowest BCUT2D eigenvalue weighted by molar-refractivity contribution is 0.580. The van der Waals surface area contributed by atoms with Crippen LogP contribution in [-0.2, 0) is 6.42 Å². The second-order valence-electron chi connectivity index (χ2n) is 4.58. The minimum Gasteiger partial charge on any atom is -0.316 e. The van der Waals surface area contributed by atoms with Gasteiger partial charge in [-0.3, -0.25) is 0 Å². The maximum absolute atomic E-state index is 3.98. The number of nitrogens with zero attached hydrogens (tertiary/aromatic N) is 3. The first-order valence-electron chi connectivity index (χ1n) is 6.08. The molecule has 88 valence electrons. The van der Waals surface area contributed by atoms with Gasteiger partial charge in [-0.2, -0.15) is 0 Å². The molecule has 3 rings (SSSR count). The van der Waals surface area contributed by atoms with E-state index < -0.39 is 0 Å². The van der Waals surface area contributed by atoms with E-state index in [1.807, 2.05) is 6.20 Å². The lowest BCUT2D eigenvalue weighted by Crippen LogP contribution is -2.10. The quantitative estimate of drug-likeness (QED) is 0.864. The molecule has 1 N–H and O–H groups in total. The smallest absolute Gasteiger partial charge is 0.0697 e. The highest BCUT2D eigenvalue weighted by atomic mass is 15.4. The lowest BCUT2D eigenvalue weighted by Gasteiger charge is -2.08. The molecule has 2 aromatic rings. The molecule has 1 fully saturated rings. The van der Waals surface area contributed by atoms with E-state index in [9.17, 15) is 0 Å². The van der Waals surface area contributed by atoms with Gasteiger partial charge in [0.25, 0.3) is 0 Å². The molecule has 0 amide bonds. The van der Waals surface area contributed by atoms with Crippen LogP contribution < -0.4 is 5.32 Å². The minimum absolute atomic E-state index is 0.798. The fraction of sp³-hybridized carbons (Fsp3) is 0.385. The SMILES string of the molecule is c1cn(-c2ccc(CC3CCNC3)cc2)nn1. The number of benzene rings is 1. The van der Waals surface area contributed by atoms with Gasteiger partial charge in [0.15, 0.2) is 0 Å². The molecule has 0 spiro atoms. The third-order valence-corrected chi connectivity index (χ3v) is 3.31. The molecule has 2 heterocycles. The van der Waals surface area contributed by atoms with Crippen LogP contribution in [0.2, 0.25) is 0 Å². The Bertz CT molecular complexity index is 455. The average Bonchev–Trinajstić information content (AvgIpc) is 3.01. The normalized spacial score (nSPS) is 19.6. The van der Waals surface area contributed by atoms with Crippen molar-refractivity contribution in [3.8, 4) is 5.69 Å². The molecule has 1 aliphatic heterocycles. The molecular weight excluding hydrogens is 212 g/mol. The Morgan fingerprint density at radius 2 is 2.18 bits per heavy atom. The highest BCUT2D eigenvalue weighted by Gasteiger charge is 2.14. The van der Waals surface area contributed by atoms with Gasteiger partial charge in [-0.25, -0.2) is 4.68 Å². The van der Waals surface area contributed by atoms with E-state index in [0.717, 1.165) is 18.2 Å². The maximum Gasteiger partial charge on any atom is 0.0697 e. The Labute approximate surface area is 101 Å². The Kier molecular flexibility index (Phi) is 2.88. The topological polar surface area (TPSA) is 42.7 Å². The van der Waals surface area contributed by atoms with Gasteiger partial charge in [0, 0.05) is 0 Å². The number of nitrogens with one attached hydrogen (secondary N) is 1. The van der Waals surface area contributed by atoms with Gasteiger partial charge in [0.05, 0.1) is 18.1 Å². The van der Waals surface area contributed by atoms with Crippen LogP contribution >= 0.6 is 0 Å². The number of aromatic nitrogens is 3. The van der Waals surface area contributed by atoms with Crippen molar-refractivity contribution < 1.29 is 0 Å². The molecule has 17 heavy (non-hydrogen) atoms. The standard InChI is InChI=1S/C13H16N4/c1-3-13(17-8-7-15-16-17)4-2-11(1)9-12-5-6-14-10-12/h1-4,7-8,12,14H,5-6,9-10H2. The van der Waals surface area contributed by atoms with Crippen LogP contribution in [0.4, 0.5) is 0 Å². The molecule has 1 unspecified atom stereocenters. The summed E-state index contributed by atoms with van der Waals surface area (Å²) < 4.78 is 1.78. The van der Waals surface area contributed by atoms with Crippen LogP contribution in [0.1, 0.15) is 12.0 Å². The first-order valence-corrected chi connectivity index (χ1v) is 6.08. The first-order chi connectivity index (χ1) is 8.42. The monoisotopic (exact) mass is 228 g/mol. The molecule has 1 saturated heterocycles. The van der Waals surface area contributed by atoms with E-state index in [0.29, 0.717) is 0 Å². The zero-order chi connectivity index (χ0) is 11.5. The van der Waals surface area contributed by atoms with Gasteiger partial charge < -0.3 is 5.32 Å². The zero-order valence-corrected chi connectivity index (χ0v) is 9.71. The zero-order valence-electron chi connectivity index (χ0n) is 9.71. The van der Waals surface area contributed by atoms with Crippen molar-refractivity contribution in [1.29, 1.82) is 0 Å². The van der Waals surface area contributed by atoms with E-state index in [1.165, 1.54) is 24.9 Å². The molecule has 0 radical (unpaired) electrons. The Morgan fingerprint density at radius 1 is 1.29 bits per heavy atom. The number of hydrogen-bond acceptors (Lipinski definition) is 3. The fourth-order valence-electron chi connectivity index (χ4n) is 2.35. The largest absolute Gasteiger partial charge is 0.316 e. The fourth-order valence-corrected chi connectivity index (χ4v) is 2.35. The Balaban J connectivity index is 1.71. The van der Waals surface area contributed by atoms with Gasteiger partial charge in [0.1, 0.15) is 0 Å². The van der Waals surface area contributed by atoms with Crippen molar-refractivity contribution >= 4 is 0 Å². The van der Waals surface area contributed by atoms with Gasteiger partial charge in [-0.1, -0.05) is 17.3 Å². The Morgan fingerprint density at radius 3 is 2.82 bits per heavy atom. The van der Waals surface area contributed by atoms with Crippen LogP contribution in [0.5, 0.6) is 0 Å². The lowest BCUT2D eigenvalue weighted by atomic mass is 9.99. The Hall–Kier alpha value is -1.68. The van der Waals surface area contributed by atoms with Crippen molar-refractivity contribution in [3.05, 3.63) is 42.2 Å². The van der Waals surface area contributed by atoms with E-state index in [-0.39, 0.29) is 0 Å². The molecule has 1 aromatic heterocycles. The molecular formula is C13H16N4. The van der Waals surface area contributed by atoms with Crippen LogP contribution in [0, 0.1) is 5.92 Å². The highest BCUT2D eigenvalue weighted by Crippen LogP contribution is 2.16. The van der Waals surface area contributed by atoms with Crippen LogP contribution in [0.15, 0.2) is 36.7 Å². The van der Waals surface area contributed by atoms with Crippen molar-refractivity contribution in [1.82, 2.24) is 20.3 Å². The first kappa shape index (κ1) is 10.5. The van der Waals surface area contributed by atoms with Crippen LogP contribution in [0.25, 0.3) is 5.69 Å². The van der Waals surface area contributed by atoms with Gasteiger partial charge in [0.2, 0.25) is 0 Å². The average molecular weight is 228 g/mol. The van der Waals surface area contributed by atoms with E-state index in [4.69, 9.17) is 0 Å². The molecule has 1 atom stereocenters. The summed E-state index contributed by atoms with van der Waals surface area (Å²) in [5.41, 5.74) is 2.47. The van der Waals surface area contributed by atoms with E-state index >= 15 is 0 Å². The minimum atomic E-state index is 0.798. The highest BCUT2D eigenvalue weighted by molar-refractivity contribution is 5.33. The summed E-state index contributed by atoms with van der Waals surface area (Å²) in [7, 11) is 0. The van der Waals surface area contributed by atoms with E-state index in [1.54, 1.807) is 10.9 Å². The van der Waals surface area contributed by atoms with Gasteiger partial charge >= 0.3 is 0 Å². The number of hydrogen-bond donors (Lipinski definition) is 1. The molecule has 4 heteroatoms. The van der Waals surface area contributed by atoms with Crippen molar-refractivity contribution in [2.75, 3.05) is 13.1 Å². The van der Waals surface area contributed by atoms with Gasteiger partial charge in [-0.05, 0) is 49.5 Å². The summed E-state index contributed by atoms with van der Waals surface area (Å²) in [4.78, 5) is 0. The molecule has 0 saturated carbocycles. The van der Waals surface area contributed by atoms with E-state index in [2.05, 4.69) is 39.9 Å². The molecule has 1 aliphatic rings. The van der Waals surface area contributed by atoms with Gasteiger partial charge in [-0.15, -0.1) is 5.10 Å². The van der Waals surface area contributed by atoms with Crippen molar-refractivity contribution in [3.63, 3.8) is 0 Å². The molecule has 1 aromatic carbocycles. The second-order valence-corrected chi connectivity index (χ2v) is 4.58. The molecule has 0 aliphatic carbocycles. The van der Waals surface area contributed by atoms with Crippen molar-refractivity contribution in [2.24, 2.45) is 5.92 Å².